The van der Waals surface area contributed by atoms with Gasteiger partial charge in [-0.15, -0.1) is 0 Å². The first kappa shape index (κ1) is 15.8. The first-order valence-electron chi connectivity index (χ1n) is 5.92. The van der Waals surface area contributed by atoms with E-state index in [4.69, 9.17) is 5.11 Å². The summed E-state index contributed by atoms with van der Waals surface area (Å²) in [7, 11) is -3.69. The molecule has 5 nitrogen and oxygen atoms in total. The number of carboxylic acid groups (broad SMARTS) is 1. The van der Waals surface area contributed by atoms with Crippen molar-refractivity contribution < 1.29 is 18.3 Å². The van der Waals surface area contributed by atoms with Crippen LogP contribution in [0.4, 0.5) is 5.69 Å². The van der Waals surface area contributed by atoms with Crippen LogP contribution in [0.1, 0.15) is 15.9 Å². The summed E-state index contributed by atoms with van der Waals surface area (Å²) in [5, 5.41) is 8.89. The second-order valence-corrected chi connectivity index (χ2v) is 7.26. The molecule has 0 fully saturated rings. The number of rotatable bonds is 4. The molecule has 0 aliphatic rings. The van der Waals surface area contributed by atoms with Gasteiger partial charge in [-0.2, -0.15) is 0 Å². The van der Waals surface area contributed by atoms with E-state index in [2.05, 4.69) is 4.72 Å². The van der Waals surface area contributed by atoms with Crippen molar-refractivity contribution in [3.63, 3.8) is 0 Å². The Morgan fingerprint density at radius 1 is 1.14 bits per heavy atom. The minimum Gasteiger partial charge on any atom is -0.478 e. The minimum absolute atomic E-state index is 0.109. The van der Waals surface area contributed by atoms with E-state index in [1.165, 1.54) is 30.3 Å². The zero-order valence-electron chi connectivity index (χ0n) is 11.0. The molecule has 0 atom stereocenters. The Kier molecular flexibility index (Phi) is 4.52. The Hall–Kier alpha value is -1.61. The molecule has 2 rings (SSSR count). The van der Waals surface area contributed by atoms with Gasteiger partial charge in [-0.05, 0) is 59.8 Å². The summed E-state index contributed by atoms with van der Waals surface area (Å²) in [6, 6.07) is 10.7. The number of sulfonamides is 1. The van der Waals surface area contributed by atoms with E-state index in [1.807, 2.05) is 29.5 Å². The van der Waals surface area contributed by atoms with Crippen LogP contribution < -0.4 is 4.72 Å². The van der Waals surface area contributed by atoms with Crippen LogP contribution in [0.2, 0.25) is 0 Å². The van der Waals surface area contributed by atoms with Gasteiger partial charge in [0.2, 0.25) is 0 Å². The third-order valence-electron chi connectivity index (χ3n) is 2.79. The van der Waals surface area contributed by atoms with E-state index in [-0.39, 0.29) is 10.5 Å². The molecule has 0 bridgehead atoms. The normalized spacial score (nSPS) is 11.1. The number of benzene rings is 2. The van der Waals surface area contributed by atoms with Gasteiger partial charge in [-0.3, -0.25) is 4.72 Å². The molecule has 0 aliphatic carbocycles. The van der Waals surface area contributed by atoms with Gasteiger partial charge in [0.25, 0.3) is 10.0 Å². The molecule has 110 valence electrons. The van der Waals surface area contributed by atoms with Crippen molar-refractivity contribution in [1.82, 2.24) is 0 Å². The minimum atomic E-state index is -3.69. The Bertz CT molecular complexity index is 785. The van der Waals surface area contributed by atoms with Crippen molar-refractivity contribution in [2.75, 3.05) is 4.72 Å². The van der Waals surface area contributed by atoms with Crippen molar-refractivity contribution in [2.45, 2.75) is 11.8 Å². The van der Waals surface area contributed by atoms with Crippen LogP contribution in [0.5, 0.6) is 0 Å². The molecule has 0 heterocycles. The molecule has 0 aromatic heterocycles. The highest BCUT2D eigenvalue weighted by Gasteiger charge is 2.16. The van der Waals surface area contributed by atoms with E-state index in [0.29, 0.717) is 9.26 Å². The Labute approximate surface area is 136 Å². The highest BCUT2D eigenvalue weighted by molar-refractivity contribution is 14.1. The molecule has 0 spiro atoms. The van der Waals surface area contributed by atoms with E-state index >= 15 is 0 Å². The van der Waals surface area contributed by atoms with Gasteiger partial charge in [0.05, 0.1) is 16.1 Å². The zero-order valence-corrected chi connectivity index (χ0v) is 14.0. The summed E-state index contributed by atoms with van der Waals surface area (Å²) >= 11 is 1.89. The molecular formula is C14H12INO4S. The first-order chi connectivity index (χ1) is 9.79. The molecular weight excluding hydrogens is 405 g/mol. The van der Waals surface area contributed by atoms with Crippen LogP contribution in [0.25, 0.3) is 0 Å². The highest BCUT2D eigenvalue weighted by Crippen LogP contribution is 2.23. The lowest BCUT2D eigenvalue weighted by Gasteiger charge is -2.10. The van der Waals surface area contributed by atoms with Gasteiger partial charge in [-0.25, -0.2) is 13.2 Å². The molecule has 7 heteroatoms. The van der Waals surface area contributed by atoms with Gasteiger partial charge in [0.1, 0.15) is 0 Å². The average molecular weight is 417 g/mol. The summed E-state index contributed by atoms with van der Waals surface area (Å²) < 4.78 is 27.5. The molecule has 21 heavy (non-hydrogen) atoms. The second-order valence-electron chi connectivity index (χ2n) is 4.42. The number of carbonyl (C=O) groups is 1. The fourth-order valence-corrected chi connectivity index (χ4v) is 3.56. The lowest BCUT2D eigenvalue weighted by molar-refractivity contribution is 0.0697. The molecule has 2 N–H and O–H groups in total. The standard InChI is InChI=1S/C14H12INO4S/c1-9-2-5-11(6-3-9)21(19,20)16-13-7-4-10(14(17)18)8-12(13)15/h2-8,16H,1H3,(H,17,18). The molecule has 0 unspecified atom stereocenters. The third kappa shape index (κ3) is 3.73. The van der Waals surface area contributed by atoms with Crippen LogP contribution in [-0.2, 0) is 10.0 Å². The molecule has 2 aromatic rings. The van der Waals surface area contributed by atoms with Crippen LogP contribution in [0.3, 0.4) is 0 Å². The summed E-state index contributed by atoms with van der Waals surface area (Å²) in [6.07, 6.45) is 0. The smallest absolute Gasteiger partial charge is 0.335 e. The van der Waals surface area contributed by atoms with Gasteiger partial charge >= 0.3 is 5.97 Å². The summed E-state index contributed by atoms with van der Waals surface area (Å²) in [5.41, 5.74) is 1.42. The van der Waals surface area contributed by atoms with Gasteiger partial charge in [0.15, 0.2) is 0 Å². The number of hydrogen-bond acceptors (Lipinski definition) is 3. The molecule has 0 aliphatic heterocycles. The molecule has 0 amide bonds. The maximum atomic E-state index is 12.3. The number of hydrogen-bond donors (Lipinski definition) is 2. The quantitative estimate of drug-likeness (QED) is 0.750. The van der Waals surface area contributed by atoms with Gasteiger partial charge < -0.3 is 5.11 Å². The summed E-state index contributed by atoms with van der Waals surface area (Å²) in [5.74, 6) is -1.05. The van der Waals surface area contributed by atoms with Gasteiger partial charge in [0, 0.05) is 3.57 Å². The topological polar surface area (TPSA) is 83.5 Å². The van der Waals surface area contributed by atoms with E-state index in [1.54, 1.807) is 12.1 Å². The number of carboxylic acids is 1. The van der Waals surface area contributed by atoms with Crippen LogP contribution in [0, 0.1) is 10.5 Å². The fourth-order valence-electron chi connectivity index (χ4n) is 1.65. The summed E-state index contributed by atoms with van der Waals surface area (Å²) in [6.45, 7) is 1.87. The van der Waals surface area contributed by atoms with Crippen molar-refractivity contribution >= 4 is 44.3 Å². The van der Waals surface area contributed by atoms with Crippen LogP contribution in [-0.4, -0.2) is 19.5 Å². The number of nitrogens with one attached hydrogen (secondary N) is 1. The van der Waals surface area contributed by atoms with E-state index in [9.17, 15) is 13.2 Å². The second kappa shape index (κ2) is 6.02. The lowest BCUT2D eigenvalue weighted by Crippen LogP contribution is -2.14. The first-order valence-corrected chi connectivity index (χ1v) is 8.48. The predicted molar refractivity (Wildman–Crippen MR) is 88.1 cm³/mol. The molecule has 2 aromatic carbocycles. The largest absolute Gasteiger partial charge is 0.478 e. The predicted octanol–water partition coefficient (Wildman–Crippen LogP) is 3.10. The molecule has 0 saturated heterocycles. The van der Waals surface area contributed by atoms with Crippen molar-refractivity contribution in [3.8, 4) is 0 Å². The van der Waals surface area contributed by atoms with E-state index < -0.39 is 16.0 Å². The zero-order chi connectivity index (χ0) is 15.6. The average Bonchev–Trinajstić information content (AvgIpc) is 2.41. The summed E-state index contributed by atoms with van der Waals surface area (Å²) in [4.78, 5) is 11.0. The van der Waals surface area contributed by atoms with Crippen molar-refractivity contribution in [1.29, 1.82) is 0 Å². The maximum Gasteiger partial charge on any atom is 0.335 e. The lowest BCUT2D eigenvalue weighted by atomic mass is 10.2. The van der Waals surface area contributed by atoms with Gasteiger partial charge in [-0.1, -0.05) is 17.7 Å². The maximum absolute atomic E-state index is 12.3. The fraction of sp³-hybridized carbons (Fsp3) is 0.0714. The Balaban J connectivity index is 2.32. The van der Waals surface area contributed by atoms with E-state index in [0.717, 1.165) is 5.56 Å². The monoisotopic (exact) mass is 417 g/mol. The number of aromatic carboxylic acids is 1. The molecule has 0 saturated carbocycles. The number of anilines is 1. The molecule has 0 radical (unpaired) electrons. The van der Waals surface area contributed by atoms with Crippen LogP contribution >= 0.6 is 22.6 Å². The Morgan fingerprint density at radius 3 is 2.29 bits per heavy atom. The number of halogens is 1. The van der Waals surface area contributed by atoms with Crippen LogP contribution in [0.15, 0.2) is 47.4 Å². The SMILES string of the molecule is Cc1ccc(S(=O)(=O)Nc2ccc(C(=O)O)cc2I)cc1. The Morgan fingerprint density at radius 2 is 1.76 bits per heavy atom. The van der Waals surface area contributed by atoms with Crippen molar-refractivity contribution in [3.05, 3.63) is 57.2 Å². The highest BCUT2D eigenvalue weighted by atomic mass is 127. The van der Waals surface area contributed by atoms with Crippen molar-refractivity contribution in [2.24, 2.45) is 0 Å². The third-order valence-corrected chi connectivity index (χ3v) is 5.07. The number of aryl methyl sites for hydroxylation is 1.